The van der Waals surface area contributed by atoms with Gasteiger partial charge in [-0.15, -0.1) is 11.8 Å². The fourth-order valence-electron chi connectivity index (χ4n) is 4.30. The number of ether oxygens (including phenoxy) is 2. The zero-order valence-corrected chi connectivity index (χ0v) is 20.9. The smallest absolute Gasteiger partial charge is 0.211 e. The number of nitrogen functional groups attached to an aromatic ring is 1. The summed E-state index contributed by atoms with van der Waals surface area (Å²) >= 11 is 1.64. The highest BCUT2D eigenvalue weighted by molar-refractivity contribution is 7.98. The molecule has 0 saturated heterocycles. The van der Waals surface area contributed by atoms with Gasteiger partial charge in [-0.3, -0.25) is 4.79 Å². The molecule has 182 valence electrons. The van der Waals surface area contributed by atoms with E-state index in [1.54, 1.807) is 18.9 Å². The maximum atomic E-state index is 11.1. The van der Waals surface area contributed by atoms with Gasteiger partial charge in [0.2, 0.25) is 6.41 Å². The van der Waals surface area contributed by atoms with Gasteiger partial charge in [0, 0.05) is 21.8 Å². The number of aliphatic imine (C=N–C) groups is 1. The van der Waals surface area contributed by atoms with Gasteiger partial charge in [-0.25, -0.2) is 4.99 Å². The van der Waals surface area contributed by atoms with E-state index in [9.17, 15) is 4.79 Å². The summed E-state index contributed by atoms with van der Waals surface area (Å²) in [6, 6.07) is 17.5. The number of nitrogens with zero attached hydrogens (tertiary/aromatic N) is 1. The SMILES string of the molecule is CCOc1cc(SC)ccc1N=C(N)c1ccc(C2CC2c2cc(OC)ccc2NC=O)cc1N. The van der Waals surface area contributed by atoms with Crippen LogP contribution in [-0.4, -0.2) is 32.2 Å². The van der Waals surface area contributed by atoms with Gasteiger partial charge in [-0.05, 0) is 91.1 Å². The topological polar surface area (TPSA) is 112 Å². The van der Waals surface area contributed by atoms with E-state index in [1.807, 2.05) is 67.8 Å². The van der Waals surface area contributed by atoms with Gasteiger partial charge in [-0.1, -0.05) is 6.07 Å². The minimum absolute atomic E-state index is 0.271. The van der Waals surface area contributed by atoms with Crippen LogP contribution in [0.1, 0.15) is 41.9 Å². The minimum Gasteiger partial charge on any atom is -0.497 e. The van der Waals surface area contributed by atoms with E-state index < -0.39 is 0 Å². The normalized spacial score (nSPS) is 17.1. The molecule has 7 nitrogen and oxygen atoms in total. The van der Waals surface area contributed by atoms with E-state index in [-0.39, 0.29) is 5.92 Å². The summed E-state index contributed by atoms with van der Waals surface area (Å²) in [4.78, 5) is 16.8. The second-order valence-corrected chi connectivity index (χ2v) is 9.15. The van der Waals surface area contributed by atoms with Crippen molar-refractivity contribution in [2.45, 2.75) is 30.1 Å². The molecule has 0 spiro atoms. The lowest BCUT2D eigenvalue weighted by atomic mass is 10.0. The number of methoxy groups -OCH3 is 1. The van der Waals surface area contributed by atoms with Gasteiger partial charge in [-0.2, -0.15) is 0 Å². The molecule has 0 bridgehead atoms. The van der Waals surface area contributed by atoms with E-state index in [4.69, 9.17) is 20.9 Å². The molecular weight excluding hydrogens is 460 g/mol. The Bertz CT molecular complexity index is 1260. The molecule has 8 heteroatoms. The standard InChI is InChI=1S/C27H30N4O3S/c1-4-34-26-13-18(35-3)7-10-25(26)31-27(29)19-8-5-16(11-23(19)28)20-14-21(20)22-12-17(33-2)6-9-24(22)30-15-32/h5-13,15,20-21H,4,14,28H2,1-3H3,(H2,29,31)(H,30,32). The van der Waals surface area contributed by atoms with Crippen molar-refractivity contribution in [1.29, 1.82) is 0 Å². The number of carbonyl (C=O) groups is 1. The van der Waals surface area contributed by atoms with Crippen molar-refractivity contribution in [3.8, 4) is 11.5 Å². The monoisotopic (exact) mass is 490 g/mol. The Morgan fingerprint density at radius 3 is 2.69 bits per heavy atom. The molecule has 0 heterocycles. The van der Waals surface area contributed by atoms with Crippen LogP contribution >= 0.6 is 11.8 Å². The van der Waals surface area contributed by atoms with E-state index in [0.717, 1.165) is 33.9 Å². The van der Waals surface area contributed by atoms with Crippen LogP contribution in [0.5, 0.6) is 11.5 Å². The number of hydrogen-bond donors (Lipinski definition) is 3. The molecule has 0 aliphatic heterocycles. The van der Waals surface area contributed by atoms with Crippen molar-refractivity contribution in [2.75, 3.05) is 31.0 Å². The predicted octanol–water partition coefficient (Wildman–Crippen LogP) is 5.27. The Kier molecular flexibility index (Phi) is 7.51. The summed E-state index contributed by atoms with van der Waals surface area (Å²) < 4.78 is 11.1. The number of thioether (sulfide) groups is 1. The fourth-order valence-corrected chi connectivity index (χ4v) is 4.73. The Morgan fingerprint density at radius 2 is 2.00 bits per heavy atom. The number of nitrogens with two attached hydrogens (primary N) is 2. The minimum atomic E-state index is 0.271. The molecule has 1 fully saturated rings. The summed E-state index contributed by atoms with van der Waals surface area (Å²) in [5.74, 6) is 2.36. The lowest BCUT2D eigenvalue weighted by molar-refractivity contribution is -0.105. The molecule has 1 aliphatic carbocycles. The third-order valence-corrected chi connectivity index (χ3v) is 6.88. The molecule has 1 aliphatic rings. The van der Waals surface area contributed by atoms with Crippen molar-refractivity contribution >= 4 is 41.1 Å². The van der Waals surface area contributed by atoms with Gasteiger partial charge < -0.3 is 26.3 Å². The number of amides is 1. The van der Waals surface area contributed by atoms with E-state index in [0.29, 0.717) is 47.5 Å². The summed E-state index contributed by atoms with van der Waals surface area (Å²) in [6.07, 6.45) is 3.68. The molecule has 4 rings (SSSR count). The van der Waals surface area contributed by atoms with Crippen molar-refractivity contribution in [3.63, 3.8) is 0 Å². The second-order valence-electron chi connectivity index (χ2n) is 8.27. The quantitative estimate of drug-likeness (QED) is 0.117. The number of hydrogen-bond acceptors (Lipinski definition) is 6. The van der Waals surface area contributed by atoms with Gasteiger partial charge in [0.25, 0.3) is 0 Å². The molecule has 35 heavy (non-hydrogen) atoms. The average Bonchev–Trinajstić information content (AvgIpc) is 3.66. The zero-order chi connectivity index (χ0) is 24.9. The lowest BCUT2D eigenvalue weighted by Crippen LogP contribution is -2.15. The first-order valence-corrected chi connectivity index (χ1v) is 12.6. The Hall–Kier alpha value is -3.65. The van der Waals surface area contributed by atoms with Crippen LogP contribution in [0.25, 0.3) is 0 Å². The van der Waals surface area contributed by atoms with E-state index in [2.05, 4.69) is 10.3 Å². The first-order valence-electron chi connectivity index (χ1n) is 11.4. The van der Waals surface area contributed by atoms with E-state index in [1.165, 1.54) is 0 Å². The Labute approximate surface area is 209 Å². The molecule has 0 radical (unpaired) electrons. The Balaban J connectivity index is 1.57. The van der Waals surface area contributed by atoms with Crippen LogP contribution in [0.2, 0.25) is 0 Å². The fraction of sp³-hybridized carbons (Fsp3) is 0.259. The molecule has 2 atom stereocenters. The van der Waals surface area contributed by atoms with Crippen molar-refractivity contribution < 1.29 is 14.3 Å². The second kappa shape index (κ2) is 10.7. The third-order valence-electron chi connectivity index (χ3n) is 6.15. The van der Waals surface area contributed by atoms with Crippen molar-refractivity contribution in [2.24, 2.45) is 10.7 Å². The molecule has 2 unspecified atom stereocenters. The van der Waals surface area contributed by atoms with Crippen molar-refractivity contribution in [1.82, 2.24) is 0 Å². The Morgan fingerprint density at radius 1 is 1.17 bits per heavy atom. The number of benzene rings is 3. The highest BCUT2D eigenvalue weighted by Gasteiger charge is 2.41. The van der Waals surface area contributed by atoms with Crippen LogP contribution in [0.3, 0.4) is 0 Å². The van der Waals surface area contributed by atoms with Crippen LogP contribution < -0.4 is 26.3 Å². The van der Waals surface area contributed by atoms with Gasteiger partial charge in [0.05, 0.1) is 13.7 Å². The summed E-state index contributed by atoms with van der Waals surface area (Å²) in [5, 5.41) is 2.80. The van der Waals surface area contributed by atoms with Crippen LogP contribution in [0.4, 0.5) is 17.1 Å². The molecule has 1 amide bonds. The molecule has 0 aromatic heterocycles. The predicted molar refractivity (Wildman–Crippen MR) is 143 cm³/mol. The number of rotatable bonds is 10. The molecule has 5 N–H and O–H groups in total. The highest BCUT2D eigenvalue weighted by Crippen LogP contribution is 2.57. The largest absolute Gasteiger partial charge is 0.497 e. The highest BCUT2D eigenvalue weighted by atomic mass is 32.2. The maximum Gasteiger partial charge on any atom is 0.211 e. The first-order chi connectivity index (χ1) is 17.0. The van der Waals surface area contributed by atoms with Crippen LogP contribution in [0.15, 0.2) is 64.5 Å². The van der Waals surface area contributed by atoms with Gasteiger partial charge >= 0.3 is 0 Å². The number of anilines is 2. The first kappa shape index (κ1) is 24.5. The van der Waals surface area contributed by atoms with Crippen LogP contribution in [0, 0.1) is 0 Å². The number of nitrogens with one attached hydrogen (secondary N) is 1. The third kappa shape index (κ3) is 5.38. The molecule has 3 aromatic carbocycles. The summed E-state index contributed by atoms with van der Waals surface area (Å²) in [7, 11) is 1.64. The van der Waals surface area contributed by atoms with Gasteiger partial charge in [0.1, 0.15) is 23.0 Å². The summed E-state index contributed by atoms with van der Waals surface area (Å²) in [6.45, 7) is 2.48. The lowest BCUT2D eigenvalue weighted by Gasteiger charge is -2.12. The molecule has 1 saturated carbocycles. The van der Waals surface area contributed by atoms with E-state index >= 15 is 0 Å². The van der Waals surface area contributed by atoms with Crippen molar-refractivity contribution in [3.05, 3.63) is 71.3 Å². The average molecular weight is 491 g/mol. The van der Waals surface area contributed by atoms with Crippen LogP contribution in [-0.2, 0) is 4.79 Å². The molecular formula is C27H30N4O3S. The summed E-state index contributed by atoms with van der Waals surface area (Å²) in [5.41, 5.74) is 17.7. The molecule has 3 aromatic rings. The van der Waals surface area contributed by atoms with Gasteiger partial charge in [0.15, 0.2) is 0 Å². The number of amidine groups is 1. The number of carbonyl (C=O) groups excluding carboxylic acids is 1. The zero-order valence-electron chi connectivity index (χ0n) is 20.1. The maximum absolute atomic E-state index is 11.1.